The summed E-state index contributed by atoms with van der Waals surface area (Å²) in [6, 6.07) is 2.85. The third-order valence-corrected chi connectivity index (χ3v) is 4.07. The summed E-state index contributed by atoms with van der Waals surface area (Å²) in [6.07, 6.45) is 2.07. The number of benzene rings is 1. The predicted molar refractivity (Wildman–Crippen MR) is 75.6 cm³/mol. The Kier molecular flexibility index (Phi) is 5.49. The van der Waals surface area contributed by atoms with Gasteiger partial charge in [0.1, 0.15) is 11.6 Å². The fraction of sp³-hybridized carbons (Fsp3) is 0.625. The van der Waals surface area contributed by atoms with Gasteiger partial charge in [0.15, 0.2) is 0 Å². The molecule has 1 aliphatic heterocycles. The summed E-state index contributed by atoms with van der Waals surface area (Å²) >= 11 is 0. The van der Waals surface area contributed by atoms with Crippen LogP contribution in [-0.4, -0.2) is 31.2 Å². The number of aryl methyl sites for hydroxylation is 1. The lowest BCUT2D eigenvalue weighted by molar-refractivity contribution is 0.0518. The topological polar surface area (TPSA) is 12.5 Å². The Labute approximate surface area is 119 Å². The van der Waals surface area contributed by atoms with Gasteiger partial charge in [-0.3, -0.25) is 4.90 Å². The number of halogens is 2. The first kappa shape index (κ1) is 15.4. The van der Waals surface area contributed by atoms with E-state index in [9.17, 15) is 8.78 Å². The monoisotopic (exact) mass is 283 g/mol. The summed E-state index contributed by atoms with van der Waals surface area (Å²) in [6.45, 7) is 7.33. The van der Waals surface area contributed by atoms with Crippen LogP contribution in [0.1, 0.15) is 30.9 Å². The first-order valence-corrected chi connectivity index (χ1v) is 7.35. The van der Waals surface area contributed by atoms with Crippen molar-refractivity contribution in [3.05, 3.63) is 34.9 Å². The molecule has 1 aliphatic rings. The van der Waals surface area contributed by atoms with Gasteiger partial charge in [0.25, 0.3) is 0 Å². The van der Waals surface area contributed by atoms with Crippen molar-refractivity contribution in [3.63, 3.8) is 0 Å². The number of hydrogen-bond donors (Lipinski definition) is 0. The summed E-state index contributed by atoms with van der Waals surface area (Å²) in [5.74, 6) is -0.284. The highest BCUT2D eigenvalue weighted by molar-refractivity contribution is 5.26. The second-order valence-electron chi connectivity index (χ2n) is 5.54. The molecule has 0 amide bonds. The van der Waals surface area contributed by atoms with E-state index in [0.29, 0.717) is 18.0 Å². The lowest BCUT2D eigenvalue weighted by Gasteiger charge is -2.29. The van der Waals surface area contributed by atoms with Crippen molar-refractivity contribution in [1.82, 2.24) is 4.90 Å². The SMILES string of the molecule is CCN(Cc1c(F)ccc(C)c1F)CC1CCOCC1. The summed E-state index contributed by atoms with van der Waals surface area (Å²) < 4.78 is 33.2. The molecular weight excluding hydrogens is 260 g/mol. The van der Waals surface area contributed by atoms with Crippen LogP contribution in [0.15, 0.2) is 12.1 Å². The summed E-state index contributed by atoms with van der Waals surface area (Å²) in [4.78, 5) is 2.12. The maximum absolute atomic E-state index is 14.1. The molecule has 0 spiro atoms. The maximum atomic E-state index is 14.1. The van der Waals surface area contributed by atoms with Crippen LogP contribution in [0, 0.1) is 24.5 Å². The van der Waals surface area contributed by atoms with E-state index in [0.717, 1.165) is 39.1 Å². The van der Waals surface area contributed by atoms with E-state index in [-0.39, 0.29) is 5.56 Å². The Morgan fingerprint density at radius 2 is 1.95 bits per heavy atom. The lowest BCUT2D eigenvalue weighted by atomic mass is 9.99. The number of ether oxygens (including phenoxy) is 1. The molecule has 2 nitrogen and oxygen atoms in total. The minimum absolute atomic E-state index is 0.193. The average Bonchev–Trinajstić information content (AvgIpc) is 2.47. The zero-order chi connectivity index (χ0) is 14.5. The van der Waals surface area contributed by atoms with Gasteiger partial charge in [-0.1, -0.05) is 13.0 Å². The van der Waals surface area contributed by atoms with Gasteiger partial charge in [-0.2, -0.15) is 0 Å². The van der Waals surface area contributed by atoms with Gasteiger partial charge in [0.2, 0.25) is 0 Å². The van der Waals surface area contributed by atoms with E-state index in [2.05, 4.69) is 4.90 Å². The van der Waals surface area contributed by atoms with E-state index >= 15 is 0 Å². The molecule has 0 atom stereocenters. The Hall–Kier alpha value is -1.00. The highest BCUT2D eigenvalue weighted by Gasteiger charge is 2.19. The molecule has 0 aromatic heterocycles. The molecule has 0 radical (unpaired) electrons. The number of nitrogens with zero attached hydrogens (tertiary/aromatic N) is 1. The van der Waals surface area contributed by atoms with E-state index in [1.54, 1.807) is 6.92 Å². The molecule has 112 valence electrons. The second kappa shape index (κ2) is 7.14. The second-order valence-corrected chi connectivity index (χ2v) is 5.54. The van der Waals surface area contributed by atoms with Gasteiger partial charge < -0.3 is 4.74 Å². The quantitative estimate of drug-likeness (QED) is 0.820. The molecule has 1 fully saturated rings. The van der Waals surface area contributed by atoms with E-state index in [1.807, 2.05) is 6.92 Å². The van der Waals surface area contributed by atoms with Crippen molar-refractivity contribution in [3.8, 4) is 0 Å². The highest BCUT2D eigenvalue weighted by atomic mass is 19.1. The van der Waals surface area contributed by atoms with Crippen molar-refractivity contribution in [2.45, 2.75) is 33.2 Å². The van der Waals surface area contributed by atoms with Crippen LogP contribution in [0.4, 0.5) is 8.78 Å². The number of rotatable bonds is 5. The minimum Gasteiger partial charge on any atom is -0.381 e. The van der Waals surface area contributed by atoms with Crippen molar-refractivity contribution in [2.24, 2.45) is 5.92 Å². The summed E-state index contributed by atoms with van der Waals surface area (Å²) in [5.41, 5.74) is 0.697. The molecule has 0 N–H and O–H groups in total. The molecule has 0 bridgehead atoms. The van der Waals surface area contributed by atoms with Gasteiger partial charge >= 0.3 is 0 Å². The summed E-state index contributed by atoms with van der Waals surface area (Å²) in [7, 11) is 0. The predicted octanol–water partition coefficient (Wildman–Crippen LogP) is 3.52. The maximum Gasteiger partial charge on any atom is 0.133 e. The van der Waals surface area contributed by atoms with Crippen LogP contribution in [0.2, 0.25) is 0 Å². The normalized spacial score (nSPS) is 16.9. The molecule has 20 heavy (non-hydrogen) atoms. The molecule has 0 saturated carbocycles. The molecule has 0 unspecified atom stereocenters. The zero-order valence-electron chi connectivity index (χ0n) is 12.3. The largest absolute Gasteiger partial charge is 0.381 e. The molecule has 1 aromatic carbocycles. The summed E-state index contributed by atoms with van der Waals surface area (Å²) in [5, 5.41) is 0. The fourth-order valence-electron chi connectivity index (χ4n) is 2.68. The molecule has 1 saturated heterocycles. The van der Waals surface area contributed by atoms with Crippen molar-refractivity contribution < 1.29 is 13.5 Å². The lowest BCUT2D eigenvalue weighted by Crippen LogP contribution is -2.32. The van der Waals surface area contributed by atoms with Crippen LogP contribution in [0.25, 0.3) is 0 Å². The third-order valence-electron chi connectivity index (χ3n) is 4.07. The van der Waals surface area contributed by atoms with Gasteiger partial charge in [-0.05, 0) is 43.9 Å². The van der Waals surface area contributed by atoms with Crippen LogP contribution in [-0.2, 0) is 11.3 Å². The van der Waals surface area contributed by atoms with E-state index in [4.69, 9.17) is 4.74 Å². The zero-order valence-corrected chi connectivity index (χ0v) is 12.3. The van der Waals surface area contributed by atoms with Crippen LogP contribution >= 0.6 is 0 Å². The number of hydrogen-bond acceptors (Lipinski definition) is 2. The van der Waals surface area contributed by atoms with Crippen molar-refractivity contribution >= 4 is 0 Å². The molecular formula is C16H23F2NO. The van der Waals surface area contributed by atoms with Gasteiger partial charge in [-0.15, -0.1) is 0 Å². The Morgan fingerprint density at radius 3 is 2.60 bits per heavy atom. The first-order chi connectivity index (χ1) is 9.61. The Bertz CT molecular complexity index is 444. The van der Waals surface area contributed by atoms with Crippen molar-refractivity contribution in [2.75, 3.05) is 26.3 Å². The van der Waals surface area contributed by atoms with Crippen LogP contribution in [0.3, 0.4) is 0 Å². The highest BCUT2D eigenvalue weighted by Crippen LogP contribution is 2.21. The molecule has 1 heterocycles. The standard InChI is InChI=1S/C16H23F2NO/c1-3-19(10-13-6-8-20-9-7-13)11-14-15(17)5-4-12(2)16(14)18/h4-5,13H,3,6-11H2,1-2H3. The van der Waals surface area contributed by atoms with E-state index in [1.165, 1.54) is 12.1 Å². The fourth-order valence-corrected chi connectivity index (χ4v) is 2.68. The van der Waals surface area contributed by atoms with E-state index < -0.39 is 11.6 Å². The third kappa shape index (κ3) is 3.76. The molecule has 4 heteroatoms. The molecule has 1 aromatic rings. The molecule has 2 rings (SSSR count). The first-order valence-electron chi connectivity index (χ1n) is 7.35. The Balaban J connectivity index is 2.04. The van der Waals surface area contributed by atoms with Crippen LogP contribution < -0.4 is 0 Å². The Morgan fingerprint density at radius 1 is 1.25 bits per heavy atom. The van der Waals surface area contributed by atoms with Gasteiger partial charge in [0.05, 0.1) is 0 Å². The van der Waals surface area contributed by atoms with Gasteiger partial charge in [-0.25, -0.2) is 8.78 Å². The smallest absolute Gasteiger partial charge is 0.133 e. The average molecular weight is 283 g/mol. The van der Waals surface area contributed by atoms with Crippen LogP contribution in [0.5, 0.6) is 0 Å². The van der Waals surface area contributed by atoms with Crippen molar-refractivity contribution in [1.29, 1.82) is 0 Å². The molecule has 0 aliphatic carbocycles. The minimum atomic E-state index is -0.446. The van der Waals surface area contributed by atoms with Gasteiger partial charge in [0, 0.05) is 31.9 Å².